The molecular weight excluding hydrogens is 258 g/mol. The largest absolute Gasteiger partial charge is 0.330 e. The SMILES string of the molecule is Cn1c(C2CCCCC2CN)nc2cccc(Cl)c21. The molecule has 19 heavy (non-hydrogen) atoms. The minimum atomic E-state index is 0.479. The second-order valence-electron chi connectivity index (χ2n) is 5.52. The first-order chi connectivity index (χ1) is 9.22. The first-order valence-corrected chi connectivity index (χ1v) is 7.41. The normalized spacial score (nSPS) is 23.9. The van der Waals surface area contributed by atoms with Crippen molar-refractivity contribution in [3.8, 4) is 0 Å². The Hall–Kier alpha value is -1.06. The lowest BCUT2D eigenvalue weighted by molar-refractivity contribution is 0.301. The maximum atomic E-state index is 6.30. The Morgan fingerprint density at radius 1 is 1.37 bits per heavy atom. The quantitative estimate of drug-likeness (QED) is 0.914. The van der Waals surface area contributed by atoms with E-state index in [2.05, 4.69) is 11.6 Å². The fourth-order valence-electron chi connectivity index (χ4n) is 3.40. The van der Waals surface area contributed by atoms with Crippen LogP contribution in [-0.2, 0) is 7.05 Å². The molecule has 3 nitrogen and oxygen atoms in total. The van der Waals surface area contributed by atoms with Gasteiger partial charge in [-0.2, -0.15) is 0 Å². The third-order valence-electron chi connectivity index (χ3n) is 4.42. The predicted molar refractivity (Wildman–Crippen MR) is 79.5 cm³/mol. The van der Waals surface area contributed by atoms with Crippen LogP contribution in [0.3, 0.4) is 0 Å². The molecule has 1 aromatic heterocycles. The standard InChI is InChI=1S/C15H20ClN3/c1-19-14-12(16)7-4-8-13(14)18-15(19)11-6-3-2-5-10(11)9-17/h4,7-8,10-11H,2-3,5-6,9,17H2,1H3. The van der Waals surface area contributed by atoms with Crippen LogP contribution in [0, 0.1) is 5.92 Å². The zero-order chi connectivity index (χ0) is 13.4. The number of hydrogen-bond acceptors (Lipinski definition) is 2. The van der Waals surface area contributed by atoms with Crippen LogP contribution in [0.15, 0.2) is 18.2 Å². The van der Waals surface area contributed by atoms with Gasteiger partial charge in [0.1, 0.15) is 5.82 Å². The van der Waals surface area contributed by atoms with Gasteiger partial charge in [-0.1, -0.05) is 30.5 Å². The van der Waals surface area contributed by atoms with Gasteiger partial charge >= 0.3 is 0 Å². The van der Waals surface area contributed by atoms with Crippen molar-refractivity contribution < 1.29 is 0 Å². The molecule has 4 heteroatoms. The summed E-state index contributed by atoms with van der Waals surface area (Å²) in [6.07, 6.45) is 4.98. The summed E-state index contributed by atoms with van der Waals surface area (Å²) in [4.78, 5) is 4.82. The van der Waals surface area contributed by atoms with Crippen LogP contribution >= 0.6 is 11.6 Å². The van der Waals surface area contributed by atoms with Gasteiger partial charge in [-0.15, -0.1) is 0 Å². The number of nitrogens with zero attached hydrogens (tertiary/aromatic N) is 2. The lowest BCUT2D eigenvalue weighted by Crippen LogP contribution is -2.27. The van der Waals surface area contributed by atoms with Gasteiger partial charge in [-0.05, 0) is 37.4 Å². The van der Waals surface area contributed by atoms with E-state index < -0.39 is 0 Å². The summed E-state index contributed by atoms with van der Waals surface area (Å²) in [7, 11) is 2.07. The number of aryl methyl sites for hydroxylation is 1. The molecule has 0 amide bonds. The molecule has 1 aliphatic rings. The molecule has 0 spiro atoms. The molecule has 0 radical (unpaired) electrons. The number of aromatic nitrogens is 2. The van der Waals surface area contributed by atoms with E-state index in [9.17, 15) is 0 Å². The highest BCUT2D eigenvalue weighted by Crippen LogP contribution is 2.38. The number of halogens is 1. The van der Waals surface area contributed by atoms with Crippen LogP contribution in [0.4, 0.5) is 0 Å². The van der Waals surface area contributed by atoms with E-state index in [1.807, 2.05) is 18.2 Å². The van der Waals surface area contributed by atoms with E-state index in [4.69, 9.17) is 22.3 Å². The molecule has 0 aliphatic heterocycles. The topological polar surface area (TPSA) is 43.8 Å². The van der Waals surface area contributed by atoms with Crippen LogP contribution in [0.1, 0.15) is 37.4 Å². The second kappa shape index (κ2) is 5.14. The lowest BCUT2D eigenvalue weighted by Gasteiger charge is -2.30. The summed E-state index contributed by atoms with van der Waals surface area (Å²) in [5, 5.41) is 0.777. The summed E-state index contributed by atoms with van der Waals surface area (Å²) in [5.41, 5.74) is 7.98. The van der Waals surface area contributed by atoms with Gasteiger partial charge in [0.15, 0.2) is 0 Å². The summed E-state index contributed by atoms with van der Waals surface area (Å²) in [5.74, 6) is 2.19. The average molecular weight is 278 g/mol. The van der Waals surface area contributed by atoms with Crippen LogP contribution in [0.25, 0.3) is 11.0 Å². The van der Waals surface area contributed by atoms with Crippen LogP contribution in [0.5, 0.6) is 0 Å². The Morgan fingerprint density at radius 2 is 2.16 bits per heavy atom. The van der Waals surface area contributed by atoms with Gasteiger partial charge in [-0.3, -0.25) is 0 Å². The monoisotopic (exact) mass is 277 g/mol. The van der Waals surface area contributed by atoms with Gasteiger partial charge in [-0.25, -0.2) is 4.98 Å². The first kappa shape index (κ1) is 12.9. The van der Waals surface area contributed by atoms with Crippen molar-refractivity contribution >= 4 is 22.6 Å². The summed E-state index contributed by atoms with van der Waals surface area (Å²) in [6.45, 7) is 0.752. The Bertz CT molecular complexity index is 590. The van der Waals surface area contributed by atoms with E-state index >= 15 is 0 Å². The molecule has 1 aromatic carbocycles. The molecule has 102 valence electrons. The van der Waals surface area contributed by atoms with Gasteiger partial charge in [0.25, 0.3) is 0 Å². The zero-order valence-electron chi connectivity index (χ0n) is 11.3. The summed E-state index contributed by atoms with van der Waals surface area (Å²) < 4.78 is 2.16. The Balaban J connectivity index is 2.09. The second-order valence-corrected chi connectivity index (χ2v) is 5.93. The average Bonchev–Trinajstić information content (AvgIpc) is 2.77. The predicted octanol–water partition coefficient (Wildman–Crippen LogP) is 3.46. The van der Waals surface area contributed by atoms with Crippen molar-refractivity contribution in [1.29, 1.82) is 0 Å². The number of fused-ring (bicyclic) bond motifs is 1. The van der Waals surface area contributed by atoms with Gasteiger partial charge in [0.05, 0.1) is 16.1 Å². The number of imidazole rings is 1. The maximum Gasteiger partial charge on any atom is 0.113 e. The van der Waals surface area contributed by atoms with E-state index in [-0.39, 0.29) is 0 Å². The minimum Gasteiger partial charge on any atom is -0.330 e. The van der Waals surface area contributed by atoms with Gasteiger partial charge < -0.3 is 10.3 Å². The lowest BCUT2D eigenvalue weighted by atomic mass is 9.79. The van der Waals surface area contributed by atoms with Crippen LogP contribution in [-0.4, -0.2) is 16.1 Å². The van der Waals surface area contributed by atoms with Crippen molar-refractivity contribution in [2.45, 2.75) is 31.6 Å². The van der Waals surface area contributed by atoms with Crippen molar-refractivity contribution in [1.82, 2.24) is 9.55 Å². The number of rotatable bonds is 2. The van der Waals surface area contributed by atoms with Crippen molar-refractivity contribution in [2.24, 2.45) is 18.7 Å². The van der Waals surface area contributed by atoms with Crippen LogP contribution < -0.4 is 5.73 Å². The van der Waals surface area contributed by atoms with Gasteiger partial charge in [0, 0.05) is 13.0 Å². The molecule has 3 rings (SSSR count). The fraction of sp³-hybridized carbons (Fsp3) is 0.533. The third-order valence-corrected chi connectivity index (χ3v) is 4.73. The Morgan fingerprint density at radius 3 is 2.89 bits per heavy atom. The highest BCUT2D eigenvalue weighted by Gasteiger charge is 2.29. The van der Waals surface area contributed by atoms with Crippen molar-refractivity contribution in [3.05, 3.63) is 29.0 Å². The molecule has 0 bridgehead atoms. The smallest absolute Gasteiger partial charge is 0.113 e. The van der Waals surface area contributed by atoms with E-state index in [0.717, 1.165) is 28.4 Å². The Labute approximate surface area is 118 Å². The zero-order valence-corrected chi connectivity index (χ0v) is 12.0. The highest BCUT2D eigenvalue weighted by molar-refractivity contribution is 6.35. The Kier molecular flexibility index (Phi) is 3.50. The highest BCUT2D eigenvalue weighted by atomic mass is 35.5. The van der Waals surface area contributed by atoms with Crippen molar-refractivity contribution in [3.63, 3.8) is 0 Å². The van der Waals surface area contributed by atoms with Crippen molar-refractivity contribution in [2.75, 3.05) is 6.54 Å². The van der Waals surface area contributed by atoms with Crippen LogP contribution in [0.2, 0.25) is 5.02 Å². The number of hydrogen-bond donors (Lipinski definition) is 1. The molecule has 1 heterocycles. The molecule has 2 atom stereocenters. The van der Waals surface area contributed by atoms with E-state index in [1.54, 1.807) is 0 Å². The molecule has 1 aliphatic carbocycles. The minimum absolute atomic E-state index is 0.479. The summed E-state index contributed by atoms with van der Waals surface area (Å²) in [6, 6.07) is 5.92. The summed E-state index contributed by atoms with van der Waals surface area (Å²) >= 11 is 6.30. The fourth-order valence-corrected chi connectivity index (χ4v) is 3.70. The number of para-hydroxylation sites is 1. The molecule has 1 fully saturated rings. The third kappa shape index (κ3) is 2.15. The maximum absolute atomic E-state index is 6.30. The molecule has 2 N–H and O–H groups in total. The molecule has 2 aromatic rings. The number of nitrogens with two attached hydrogens (primary N) is 1. The molecule has 0 saturated heterocycles. The van der Waals surface area contributed by atoms with E-state index in [0.29, 0.717) is 11.8 Å². The first-order valence-electron chi connectivity index (χ1n) is 7.03. The molecule has 1 saturated carbocycles. The molecule has 2 unspecified atom stereocenters. The molecular formula is C15H20ClN3. The van der Waals surface area contributed by atoms with Gasteiger partial charge in [0.2, 0.25) is 0 Å². The number of benzene rings is 1. The van der Waals surface area contributed by atoms with E-state index in [1.165, 1.54) is 25.7 Å².